The highest BCUT2D eigenvalue weighted by Crippen LogP contribution is 2.26. The highest BCUT2D eigenvalue weighted by Gasteiger charge is 2.25. The van der Waals surface area contributed by atoms with Crippen molar-refractivity contribution in [2.45, 2.75) is 32.4 Å². The molecule has 1 amide bonds. The van der Waals surface area contributed by atoms with E-state index in [0.717, 1.165) is 37.2 Å². The van der Waals surface area contributed by atoms with Crippen molar-refractivity contribution < 1.29 is 4.79 Å². The summed E-state index contributed by atoms with van der Waals surface area (Å²) in [5.41, 5.74) is 4.33. The normalized spacial score (nSPS) is 18.0. The first-order valence-corrected chi connectivity index (χ1v) is 7.92. The number of nitrogens with one attached hydrogen (secondary N) is 2. The van der Waals surface area contributed by atoms with Gasteiger partial charge >= 0.3 is 0 Å². The van der Waals surface area contributed by atoms with Gasteiger partial charge in [0.25, 0.3) is 5.91 Å². The number of aryl methyl sites for hydroxylation is 1. The zero-order chi connectivity index (χ0) is 15.5. The van der Waals surface area contributed by atoms with Crippen LogP contribution in [0, 0.1) is 0 Å². The molecule has 1 aliphatic rings. The van der Waals surface area contributed by atoms with Crippen molar-refractivity contribution in [2.75, 3.05) is 13.6 Å². The van der Waals surface area contributed by atoms with Crippen molar-refractivity contribution in [1.82, 2.24) is 15.2 Å². The molecule has 1 aliphatic heterocycles. The Balaban J connectivity index is 1.81. The van der Waals surface area contributed by atoms with E-state index in [-0.39, 0.29) is 11.9 Å². The number of carbonyl (C=O) groups excluding carboxylic acids is 1. The van der Waals surface area contributed by atoms with Crippen LogP contribution in [0.1, 0.15) is 46.6 Å². The second kappa shape index (κ2) is 6.36. The number of likely N-dealkylation sites (N-methyl/N-ethyl adjacent to an activating group) is 1. The van der Waals surface area contributed by atoms with E-state index in [1.165, 1.54) is 11.1 Å². The van der Waals surface area contributed by atoms with Crippen molar-refractivity contribution in [3.8, 4) is 0 Å². The molecule has 1 unspecified atom stereocenters. The summed E-state index contributed by atoms with van der Waals surface area (Å²) in [4.78, 5) is 18.1. The second-order valence-electron chi connectivity index (χ2n) is 6.04. The average molecular weight is 297 g/mol. The molecule has 0 saturated heterocycles. The average Bonchev–Trinajstić information content (AvgIpc) is 2.96. The van der Waals surface area contributed by atoms with Crippen molar-refractivity contribution in [1.29, 1.82) is 0 Å². The van der Waals surface area contributed by atoms with Crippen molar-refractivity contribution in [3.05, 3.63) is 58.9 Å². The molecule has 0 aliphatic carbocycles. The largest absolute Gasteiger partial charge is 0.364 e. The van der Waals surface area contributed by atoms with Crippen LogP contribution in [0.4, 0.5) is 0 Å². The standard InChI is InChI=1S/C18H23N3O/c1-3-6-16-15(9-10-19-16)18(22)20-17-12-21(2)11-13-7-4-5-8-14(13)17/h4-5,7-10,17,19H,3,6,11-12H2,1-2H3,(H,20,22). The van der Waals surface area contributed by atoms with Gasteiger partial charge in [-0.15, -0.1) is 0 Å². The SMILES string of the molecule is CCCc1[nH]ccc1C(=O)NC1CN(C)Cc2ccccc21. The van der Waals surface area contributed by atoms with Gasteiger partial charge < -0.3 is 10.3 Å². The number of carbonyl (C=O) groups is 1. The first kappa shape index (κ1) is 14.9. The van der Waals surface area contributed by atoms with E-state index in [2.05, 4.69) is 47.4 Å². The number of aromatic nitrogens is 1. The fourth-order valence-corrected chi connectivity index (χ4v) is 3.22. The van der Waals surface area contributed by atoms with Crippen LogP contribution in [0.3, 0.4) is 0 Å². The molecule has 1 aromatic heterocycles. The lowest BCUT2D eigenvalue weighted by Crippen LogP contribution is -2.40. The number of hydrogen-bond donors (Lipinski definition) is 2. The number of fused-ring (bicyclic) bond motifs is 1. The van der Waals surface area contributed by atoms with Gasteiger partial charge in [0.15, 0.2) is 0 Å². The lowest BCUT2D eigenvalue weighted by molar-refractivity contribution is 0.0921. The van der Waals surface area contributed by atoms with Crippen LogP contribution >= 0.6 is 0 Å². The molecule has 0 saturated carbocycles. The number of H-pyrrole nitrogens is 1. The quantitative estimate of drug-likeness (QED) is 0.911. The molecule has 3 rings (SSSR count). The van der Waals surface area contributed by atoms with Gasteiger partial charge in [-0.3, -0.25) is 9.69 Å². The minimum atomic E-state index is 0.0137. The van der Waals surface area contributed by atoms with E-state index in [0.29, 0.717) is 0 Å². The van der Waals surface area contributed by atoms with Crippen LogP contribution in [0.2, 0.25) is 0 Å². The highest BCUT2D eigenvalue weighted by molar-refractivity contribution is 5.95. The summed E-state index contributed by atoms with van der Waals surface area (Å²) in [6, 6.07) is 10.3. The van der Waals surface area contributed by atoms with E-state index in [1.807, 2.05) is 18.3 Å². The van der Waals surface area contributed by atoms with Crippen LogP contribution in [-0.2, 0) is 13.0 Å². The molecular weight excluding hydrogens is 274 g/mol. The molecule has 22 heavy (non-hydrogen) atoms. The number of nitrogens with zero attached hydrogens (tertiary/aromatic N) is 1. The molecule has 4 nitrogen and oxygen atoms in total. The van der Waals surface area contributed by atoms with Gasteiger partial charge in [0.2, 0.25) is 0 Å². The van der Waals surface area contributed by atoms with E-state index in [4.69, 9.17) is 0 Å². The number of rotatable bonds is 4. The molecule has 1 aromatic carbocycles. The van der Waals surface area contributed by atoms with E-state index < -0.39 is 0 Å². The minimum absolute atomic E-state index is 0.0137. The Morgan fingerprint density at radius 1 is 1.36 bits per heavy atom. The minimum Gasteiger partial charge on any atom is -0.364 e. The van der Waals surface area contributed by atoms with E-state index in [9.17, 15) is 4.79 Å². The van der Waals surface area contributed by atoms with E-state index in [1.54, 1.807) is 0 Å². The Kier molecular flexibility index (Phi) is 4.29. The molecule has 0 radical (unpaired) electrons. The zero-order valence-electron chi connectivity index (χ0n) is 13.2. The van der Waals surface area contributed by atoms with Gasteiger partial charge in [0.05, 0.1) is 11.6 Å². The van der Waals surface area contributed by atoms with Crippen molar-refractivity contribution in [2.24, 2.45) is 0 Å². The number of benzene rings is 1. The van der Waals surface area contributed by atoms with Crippen LogP contribution in [-0.4, -0.2) is 29.4 Å². The molecule has 0 fully saturated rings. The Morgan fingerprint density at radius 2 is 2.18 bits per heavy atom. The highest BCUT2D eigenvalue weighted by atomic mass is 16.1. The van der Waals surface area contributed by atoms with Crippen molar-refractivity contribution in [3.63, 3.8) is 0 Å². The van der Waals surface area contributed by atoms with Gasteiger partial charge in [0.1, 0.15) is 0 Å². The predicted octanol–water partition coefficient (Wildman–Crippen LogP) is 2.88. The molecule has 116 valence electrons. The fraction of sp³-hybridized carbons (Fsp3) is 0.389. The number of amides is 1. The molecule has 1 atom stereocenters. The molecule has 4 heteroatoms. The summed E-state index contributed by atoms with van der Waals surface area (Å²) >= 11 is 0. The van der Waals surface area contributed by atoms with Crippen LogP contribution in [0.25, 0.3) is 0 Å². The summed E-state index contributed by atoms with van der Waals surface area (Å²) in [6.07, 6.45) is 3.77. The second-order valence-corrected chi connectivity index (χ2v) is 6.04. The molecule has 2 N–H and O–H groups in total. The maximum Gasteiger partial charge on any atom is 0.253 e. The topological polar surface area (TPSA) is 48.1 Å². The third kappa shape index (κ3) is 2.92. The summed E-state index contributed by atoms with van der Waals surface area (Å²) in [7, 11) is 2.09. The zero-order valence-corrected chi connectivity index (χ0v) is 13.2. The summed E-state index contributed by atoms with van der Waals surface area (Å²) in [5.74, 6) is 0.0137. The number of hydrogen-bond acceptors (Lipinski definition) is 2. The van der Waals surface area contributed by atoms with Gasteiger partial charge in [-0.2, -0.15) is 0 Å². The molecule has 0 bridgehead atoms. The Hall–Kier alpha value is -2.07. The van der Waals surface area contributed by atoms with Gasteiger partial charge in [-0.25, -0.2) is 0 Å². The predicted molar refractivity (Wildman–Crippen MR) is 87.8 cm³/mol. The third-order valence-electron chi connectivity index (χ3n) is 4.25. The van der Waals surface area contributed by atoms with Gasteiger partial charge in [-0.1, -0.05) is 37.6 Å². The maximum absolute atomic E-state index is 12.6. The smallest absolute Gasteiger partial charge is 0.253 e. The van der Waals surface area contributed by atoms with Gasteiger partial charge in [-0.05, 0) is 30.7 Å². The van der Waals surface area contributed by atoms with Gasteiger partial charge in [0, 0.05) is 25.0 Å². The lowest BCUT2D eigenvalue weighted by Gasteiger charge is -2.32. The number of aromatic amines is 1. The Morgan fingerprint density at radius 3 is 3.00 bits per heavy atom. The summed E-state index contributed by atoms with van der Waals surface area (Å²) < 4.78 is 0. The molecule has 2 heterocycles. The monoisotopic (exact) mass is 297 g/mol. The molecular formula is C18H23N3O. The van der Waals surface area contributed by atoms with Crippen LogP contribution in [0.15, 0.2) is 36.5 Å². The van der Waals surface area contributed by atoms with E-state index >= 15 is 0 Å². The third-order valence-corrected chi connectivity index (χ3v) is 4.25. The Labute approximate surface area is 131 Å². The fourth-order valence-electron chi connectivity index (χ4n) is 3.22. The lowest BCUT2D eigenvalue weighted by atomic mass is 9.95. The summed E-state index contributed by atoms with van der Waals surface area (Å²) in [6.45, 7) is 3.90. The first-order chi connectivity index (χ1) is 10.7. The first-order valence-electron chi connectivity index (χ1n) is 7.92. The van der Waals surface area contributed by atoms with Crippen molar-refractivity contribution >= 4 is 5.91 Å². The molecule has 0 spiro atoms. The van der Waals surface area contributed by atoms with Crippen LogP contribution < -0.4 is 5.32 Å². The van der Waals surface area contributed by atoms with Crippen LogP contribution in [0.5, 0.6) is 0 Å². The Bertz CT molecular complexity index is 662. The summed E-state index contributed by atoms with van der Waals surface area (Å²) in [5, 5.41) is 3.21. The maximum atomic E-state index is 12.6. The molecule has 2 aromatic rings.